The SMILES string of the molecule is CO/C(=C/c1ccc2[nH]ccc2c1)C(=O)OCc1ccccc1. The Morgan fingerprint density at radius 1 is 1.13 bits per heavy atom. The van der Waals surface area contributed by atoms with Gasteiger partial charge in [-0.05, 0) is 40.8 Å². The summed E-state index contributed by atoms with van der Waals surface area (Å²) in [6.07, 6.45) is 3.56. The van der Waals surface area contributed by atoms with Crippen molar-refractivity contribution in [2.75, 3.05) is 7.11 Å². The highest BCUT2D eigenvalue weighted by Crippen LogP contribution is 2.17. The molecule has 0 amide bonds. The van der Waals surface area contributed by atoms with E-state index in [1.165, 1.54) is 7.11 Å². The third-order valence-electron chi connectivity index (χ3n) is 3.51. The summed E-state index contributed by atoms with van der Waals surface area (Å²) in [5.41, 5.74) is 2.86. The highest BCUT2D eigenvalue weighted by molar-refractivity contribution is 5.92. The van der Waals surface area contributed by atoms with Gasteiger partial charge in [-0.15, -0.1) is 0 Å². The molecule has 116 valence electrons. The molecule has 4 nitrogen and oxygen atoms in total. The van der Waals surface area contributed by atoms with Gasteiger partial charge in [-0.2, -0.15) is 0 Å². The molecular formula is C19H17NO3. The fraction of sp³-hybridized carbons (Fsp3) is 0.105. The summed E-state index contributed by atoms with van der Waals surface area (Å²) in [6, 6.07) is 17.4. The lowest BCUT2D eigenvalue weighted by atomic mass is 10.1. The van der Waals surface area contributed by atoms with Crippen LogP contribution >= 0.6 is 0 Å². The van der Waals surface area contributed by atoms with E-state index < -0.39 is 5.97 Å². The lowest BCUT2D eigenvalue weighted by molar-refractivity contribution is -0.143. The topological polar surface area (TPSA) is 51.3 Å². The quantitative estimate of drug-likeness (QED) is 0.442. The molecule has 2 aromatic carbocycles. The molecule has 23 heavy (non-hydrogen) atoms. The Morgan fingerprint density at radius 3 is 2.74 bits per heavy atom. The Balaban J connectivity index is 1.73. The minimum absolute atomic E-state index is 0.177. The monoisotopic (exact) mass is 307 g/mol. The first kappa shape index (κ1) is 14.9. The van der Waals surface area contributed by atoms with Gasteiger partial charge in [0, 0.05) is 11.7 Å². The van der Waals surface area contributed by atoms with Gasteiger partial charge >= 0.3 is 5.97 Å². The molecule has 1 N–H and O–H groups in total. The van der Waals surface area contributed by atoms with Gasteiger partial charge in [0.05, 0.1) is 7.11 Å². The summed E-state index contributed by atoms with van der Waals surface area (Å²) in [5, 5.41) is 1.08. The van der Waals surface area contributed by atoms with E-state index in [9.17, 15) is 4.79 Å². The zero-order valence-corrected chi connectivity index (χ0v) is 12.8. The second-order valence-electron chi connectivity index (χ2n) is 5.10. The number of ether oxygens (including phenoxy) is 2. The molecule has 0 radical (unpaired) electrons. The Morgan fingerprint density at radius 2 is 1.96 bits per heavy atom. The molecule has 3 rings (SSSR count). The number of hydrogen-bond acceptors (Lipinski definition) is 3. The fourth-order valence-corrected chi connectivity index (χ4v) is 2.31. The van der Waals surface area contributed by atoms with Crippen molar-refractivity contribution in [2.45, 2.75) is 6.61 Å². The largest absolute Gasteiger partial charge is 0.490 e. The zero-order valence-electron chi connectivity index (χ0n) is 12.8. The number of methoxy groups -OCH3 is 1. The van der Waals surface area contributed by atoms with Crippen LogP contribution in [0.3, 0.4) is 0 Å². The summed E-state index contributed by atoms with van der Waals surface area (Å²) in [6.45, 7) is 0.219. The molecule has 0 saturated heterocycles. The predicted octanol–water partition coefficient (Wildman–Crippen LogP) is 3.90. The Bertz CT molecular complexity index is 834. The summed E-state index contributed by atoms with van der Waals surface area (Å²) in [5.74, 6) is -0.304. The Hall–Kier alpha value is -3.01. The summed E-state index contributed by atoms with van der Waals surface area (Å²) < 4.78 is 10.5. The molecule has 0 unspecified atom stereocenters. The van der Waals surface area contributed by atoms with Crippen molar-refractivity contribution >= 4 is 22.9 Å². The normalized spacial score (nSPS) is 11.4. The molecule has 0 saturated carbocycles. The van der Waals surface area contributed by atoms with Crippen molar-refractivity contribution in [3.8, 4) is 0 Å². The van der Waals surface area contributed by atoms with Gasteiger partial charge in [-0.25, -0.2) is 4.79 Å². The standard InChI is InChI=1S/C19H17NO3/c1-22-18(19(21)23-13-14-5-3-2-4-6-14)12-15-7-8-17-16(11-15)9-10-20-17/h2-12,20H,13H2,1H3/b18-12+. The molecule has 0 aliphatic rings. The van der Waals surface area contributed by atoms with Gasteiger partial charge in [-0.3, -0.25) is 0 Å². The maximum atomic E-state index is 12.1. The highest BCUT2D eigenvalue weighted by atomic mass is 16.6. The van der Waals surface area contributed by atoms with Crippen molar-refractivity contribution < 1.29 is 14.3 Å². The third-order valence-corrected chi connectivity index (χ3v) is 3.51. The zero-order chi connectivity index (χ0) is 16.1. The van der Waals surface area contributed by atoms with E-state index in [4.69, 9.17) is 9.47 Å². The van der Waals surface area contributed by atoms with Crippen molar-refractivity contribution in [1.29, 1.82) is 0 Å². The lowest BCUT2D eigenvalue weighted by Crippen LogP contribution is -2.09. The number of nitrogens with one attached hydrogen (secondary N) is 1. The number of esters is 1. The van der Waals surface area contributed by atoms with Crippen LogP contribution in [0.15, 0.2) is 66.6 Å². The Kier molecular flexibility index (Phi) is 4.43. The first-order valence-electron chi connectivity index (χ1n) is 7.30. The van der Waals surface area contributed by atoms with Gasteiger partial charge in [-0.1, -0.05) is 36.4 Å². The molecule has 0 spiro atoms. The van der Waals surface area contributed by atoms with Gasteiger partial charge < -0.3 is 14.5 Å². The van der Waals surface area contributed by atoms with Crippen LogP contribution in [0.5, 0.6) is 0 Å². The van der Waals surface area contributed by atoms with Crippen molar-refractivity contribution in [1.82, 2.24) is 4.98 Å². The third kappa shape index (κ3) is 3.61. The molecule has 0 fully saturated rings. The van der Waals surface area contributed by atoms with Crippen LogP contribution in [0.2, 0.25) is 0 Å². The average Bonchev–Trinajstić information content (AvgIpc) is 3.06. The smallest absolute Gasteiger partial charge is 0.373 e. The van der Waals surface area contributed by atoms with Crippen LogP contribution in [0.1, 0.15) is 11.1 Å². The van der Waals surface area contributed by atoms with E-state index in [-0.39, 0.29) is 12.4 Å². The second-order valence-corrected chi connectivity index (χ2v) is 5.10. The average molecular weight is 307 g/mol. The van der Waals surface area contributed by atoms with Gasteiger partial charge in [0.25, 0.3) is 0 Å². The maximum absolute atomic E-state index is 12.1. The van der Waals surface area contributed by atoms with Crippen LogP contribution in [-0.4, -0.2) is 18.1 Å². The molecule has 0 bridgehead atoms. The molecule has 0 aliphatic carbocycles. The minimum atomic E-state index is -0.481. The Labute approximate surface area is 134 Å². The number of carbonyl (C=O) groups excluding carboxylic acids is 1. The van der Waals surface area contributed by atoms with Crippen molar-refractivity contribution in [3.63, 3.8) is 0 Å². The second kappa shape index (κ2) is 6.83. The first-order valence-corrected chi connectivity index (χ1v) is 7.30. The fourth-order valence-electron chi connectivity index (χ4n) is 2.31. The van der Waals surface area contributed by atoms with Crippen LogP contribution in [-0.2, 0) is 20.9 Å². The minimum Gasteiger partial charge on any atom is -0.490 e. The molecule has 1 aromatic heterocycles. The number of carbonyl (C=O) groups is 1. The molecule has 0 atom stereocenters. The number of fused-ring (bicyclic) bond motifs is 1. The number of aromatic nitrogens is 1. The van der Waals surface area contributed by atoms with Crippen molar-refractivity contribution in [2.24, 2.45) is 0 Å². The number of H-pyrrole nitrogens is 1. The van der Waals surface area contributed by atoms with Crippen LogP contribution in [0.25, 0.3) is 17.0 Å². The van der Waals surface area contributed by atoms with E-state index >= 15 is 0 Å². The van der Waals surface area contributed by atoms with Gasteiger partial charge in [0.2, 0.25) is 5.76 Å². The lowest BCUT2D eigenvalue weighted by Gasteiger charge is -2.07. The molecular weight excluding hydrogens is 290 g/mol. The summed E-state index contributed by atoms with van der Waals surface area (Å²) in [4.78, 5) is 15.3. The van der Waals surface area contributed by atoms with E-state index in [0.717, 1.165) is 22.0 Å². The summed E-state index contributed by atoms with van der Waals surface area (Å²) >= 11 is 0. The number of benzene rings is 2. The van der Waals surface area contributed by atoms with Crippen LogP contribution < -0.4 is 0 Å². The van der Waals surface area contributed by atoms with E-state index in [1.807, 2.05) is 60.8 Å². The van der Waals surface area contributed by atoms with E-state index in [0.29, 0.717) is 0 Å². The van der Waals surface area contributed by atoms with Crippen LogP contribution in [0, 0.1) is 0 Å². The molecule has 4 heteroatoms. The van der Waals surface area contributed by atoms with E-state index in [2.05, 4.69) is 4.98 Å². The molecule has 1 heterocycles. The molecule has 3 aromatic rings. The van der Waals surface area contributed by atoms with Gasteiger partial charge in [0.15, 0.2) is 0 Å². The highest BCUT2D eigenvalue weighted by Gasteiger charge is 2.12. The first-order chi connectivity index (χ1) is 11.3. The maximum Gasteiger partial charge on any atom is 0.373 e. The summed E-state index contributed by atoms with van der Waals surface area (Å²) in [7, 11) is 1.46. The van der Waals surface area contributed by atoms with Crippen LogP contribution in [0.4, 0.5) is 0 Å². The predicted molar refractivity (Wildman–Crippen MR) is 89.5 cm³/mol. The van der Waals surface area contributed by atoms with E-state index in [1.54, 1.807) is 6.08 Å². The van der Waals surface area contributed by atoms with Gasteiger partial charge in [0.1, 0.15) is 6.61 Å². The number of hydrogen-bond donors (Lipinski definition) is 1. The molecule has 0 aliphatic heterocycles. The van der Waals surface area contributed by atoms with Crippen molar-refractivity contribution in [3.05, 3.63) is 77.7 Å². The number of aromatic amines is 1. The number of rotatable bonds is 5.